The Morgan fingerprint density at radius 1 is 1.60 bits per heavy atom. The third-order valence-corrected chi connectivity index (χ3v) is 2.13. The molecule has 0 amide bonds. The maximum atomic E-state index is 13.3. The van der Waals surface area contributed by atoms with E-state index in [2.05, 4.69) is 0 Å². The smallest absolute Gasteiger partial charge is 0.307 e. The molecule has 0 aliphatic rings. The van der Waals surface area contributed by atoms with Crippen LogP contribution in [0.2, 0.25) is 0 Å². The lowest BCUT2D eigenvalue weighted by molar-refractivity contribution is -0.136. The molecule has 1 aromatic carbocycles. The standard InChI is InChI=1S/C10H7ClFNO2/c11-4-7-1-6(3-10(14)15)2-9(12)8(7)5-13/h1-2H,3-4H2,(H,14,15). The van der Waals surface area contributed by atoms with Gasteiger partial charge in [0.15, 0.2) is 0 Å². The third-order valence-electron chi connectivity index (χ3n) is 1.84. The Balaban J connectivity index is 3.21. The van der Waals surface area contributed by atoms with Crippen LogP contribution < -0.4 is 0 Å². The molecule has 1 aromatic rings. The van der Waals surface area contributed by atoms with Gasteiger partial charge in [-0.25, -0.2) is 4.39 Å². The van der Waals surface area contributed by atoms with E-state index in [0.717, 1.165) is 6.07 Å². The van der Waals surface area contributed by atoms with Gasteiger partial charge in [-0.3, -0.25) is 4.79 Å². The molecule has 0 bridgehead atoms. The summed E-state index contributed by atoms with van der Waals surface area (Å²) in [7, 11) is 0. The van der Waals surface area contributed by atoms with Gasteiger partial charge in [-0.2, -0.15) is 5.26 Å². The normalized spacial score (nSPS) is 9.67. The number of hydrogen-bond donors (Lipinski definition) is 1. The zero-order chi connectivity index (χ0) is 11.4. The van der Waals surface area contributed by atoms with Gasteiger partial charge >= 0.3 is 5.97 Å². The molecule has 78 valence electrons. The lowest BCUT2D eigenvalue weighted by Crippen LogP contribution is -2.03. The molecule has 0 heterocycles. The van der Waals surface area contributed by atoms with Gasteiger partial charge in [0, 0.05) is 5.88 Å². The van der Waals surface area contributed by atoms with Crippen LogP contribution >= 0.6 is 11.6 Å². The quantitative estimate of drug-likeness (QED) is 0.804. The lowest BCUT2D eigenvalue weighted by Gasteiger charge is -2.04. The van der Waals surface area contributed by atoms with Crippen molar-refractivity contribution in [2.75, 3.05) is 0 Å². The topological polar surface area (TPSA) is 61.1 Å². The number of halogens is 2. The van der Waals surface area contributed by atoms with Crippen molar-refractivity contribution in [2.45, 2.75) is 12.3 Å². The van der Waals surface area contributed by atoms with Crippen molar-refractivity contribution >= 4 is 17.6 Å². The molecular weight excluding hydrogens is 221 g/mol. The molecule has 0 spiro atoms. The van der Waals surface area contributed by atoms with Gasteiger partial charge in [-0.1, -0.05) is 6.07 Å². The Bertz CT molecular complexity index is 440. The van der Waals surface area contributed by atoms with Crippen molar-refractivity contribution in [3.63, 3.8) is 0 Å². The molecule has 0 aromatic heterocycles. The minimum atomic E-state index is -1.06. The average Bonchev–Trinajstić information content (AvgIpc) is 2.15. The maximum Gasteiger partial charge on any atom is 0.307 e. The Kier molecular flexibility index (Phi) is 3.64. The molecule has 1 rings (SSSR count). The van der Waals surface area contributed by atoms with Crippen LogP contribution in [-0.4, -0.2) is 11.1 Å². The largest absolute Gasteiger partial charge is 0.481 e. The van der Waals surface area contributed by atoms with E-state index in [4.69, 9.17) is 22.0 Å². The summed E-state index contributed by atoms with van der Waals surface area (Å²) in [5.41, 5.74) is 0.490. The van der Waals surface area contributed by atoms with E-state index in [9.17, 15) is 9.18 Å². The van der Waals surface area contributed by atoms with E-state index in [-0.39, 0.29) is 17.9 Å². The molecule has 0 unspecified atom stereocenters. The Morgan fingerprint density at radius 3 is 2.73 bits per heavy atom. The van der Waals surface area contributed by atoms with Gasteiger partial charge in [0.25, 0.3) is 0 Å². The van der Waals surface area contributed by atoms with E-state index < -0.39 is 11.8 Å². The second kappa shape index (κ2) is 4.76. The number of carboxylic acid groups (broad SMARTS) is 1. The zero-order valence-electron chi connectivity index (χ0n) is 7.63. The fraction of sp³-hybridized carbons (Fsp3) is 0.200. The zero-order valence-corrected chi connectivity index (χ0v) is 8.38. The molecule has 5 heteroatoms. The van der Waals surface area contributed by atoms with Gasteiger partial charge in [0.2, 0.25) is 0 Å². The molecule has 0 fully saturated rings. The summed E-state index contributed by atoms with van der Waals surface area (Å²) in [6.07, 6.45) is -0.285. The molecule has 0 saturated heterocycles. The number of hydrogen-bond acceptors (Lipinski definition) is 2. The van der Waals surface area contributed by atoms with Crippen LogP contribution in [0.1, 0.15) is 16.7 Å². The molecule has 0 aliphatic carbocycles. The summed E-state index contributed by atoms with van der Waals surface area (Å²) in [6.45, 7) is 0. The third kappa shape index (κ3) is 2.67. The number of nitriles is 1. The van der Waals surface area contributed by atoms with E-state index >= 15 is 0 Å². The molecule has 0 atom stereocenters. The first-order chi connectivity index (χ1) is 7.08. The van der Waals surface area contributed by atoms with Crippen molar-refractivity contribution in [3.8, 4) is 6.07 Å². The Labute approximate surface area is 90.7 Å². The highest BCUT2D eigenvalue weighted by molar-refractivity contribution is 6.17. The number of carbonyl (C=O) groups is 1. The summed E-state index contributed by atoms with van der Waals surface area (Å²) >= 11 is 5.53. The van der Waals surface area contributed by atoms with E-state index in [0.29, 0.717) is 11.1 Å². The first-order valence-corrected chi connectivity index (χ1v) is 4.61. The van der Waals surface area contributed by atoms with Crippen LogP contribution in [0.5, 0.6) is 0 Å². The van der Waals surface area contributed by atoms with Gasteiger partial charge in [0.05, 0.1) is 12.0 Å². The Hall–Kier alpha value is -1.60. The van der Waals surface area contributed by atoms with Gasteiger partial charge in [0.1, 0.15) is 11.9 Å². The van der Waals surface area contributed by atoms with Crippen molar-refractivity contribution in [1.29, 1.82) is 5.26 Å². The van der Waals surface area contributed by atoms with Gasteiger partial charge in [-0.05, 0) is 17.2 Å². The molecule has 0 radical (unpaired) electrons. The SMILES string of the molecule is N#Cc1c(F)cc(CC(=O)O)cc1CCl. The Morgan fingerprint density at radius 2 is 2.27 bits per heavy atom. The second-order valence-corrected chi connectivity index (χ2v) is 3.19. The predicted octanol–water partition coefficient (Wildman–Crippen LogP) is 2.06. The molecular formula is C10H7ClFNO2. The summed E-state index contributed by atoms with van der Waals surface area (Å²) in [4.78, 5) is 10.4. The first-order valence-electron chi connectivity index (χ1n) is 4.07. The monoisotopic (exact) mass is 227 g/mol. The molecule has 3 nitrogen and oxygen atoms in total. The van der Waals surface area contributed by atoms with Crippen LogP contribution in [0.3, 0.4) is 0 Å². The fourth-order valence-corrected chi connectivity index (χ4v) is 1.44. The number of nitrogens with zero attached hydrogens (tertiary/aromatic N) is 1. The predicted molar refractivity (Wildman–Crippen MR) is 52.0 cm³/mol. The van der Waals surface area contributed by atoms with Crippen LogP contribution in [0.4, 0.5) is 4.39 Å². The lowest BCUT2D eigenvalue weighted by atomic mass is 10.0. The van der Waals surface area contributed by atoms with Crippen LogP contribution in [0.15, 0.2) is 12.1 Å². The number of aliphatic carboxylic acids is 1. The second-order valence-electron chi connectivity index (χ2n) is 2.93. The van der Waals surface area contributed by atoms with Crippen molar-refractivity contribution < 1.29 is 14.3 Å². The highest BCUT2D eigenvalue weighted by Crippen LogP contribution is 2.18. The fourth-order valence-electron chi connectivity index (χ4n) is 1.23. The number of carboxylic acids is 1. The van der Waals surface area contributed by atoms with E-state index in [1.807, 2.05) is 0 Å². The summed E-state index contributed by atoms with van der Waals surface area (Å²) < 4.78 is 13.3. The summed E-state index contributed by atoms with van der Waals surface area (Å²) in [5.74, 6) is -1.81. The van der Waals surface area contributed by atoms with Crippen molar-refractivity contribution in [1.82, 2.24) is 0 Å². The van der Waals surface area contributed by atoms with Crippen LogP contribution in [-0.2, 0) is 17.1 Å². The first kappa shape index (κ1) is 11.5. The highest BCUT2D eigenvalue weighted by atomic mass is 35.5. The number of rotatable bonds is 3. The highest BCUT2D eigenvalue weighted by Gasteiger charge is 2.11. The molecule has 0 saturated carbocycles. The van der Waals surface area contributed by atoms with E-state index in [1.54, 1.807) is 6.07 Å². The van der Waals surface area contributed by atoms with E-state index in [1.165, 1.54) is 6.07 Å². The molecule has 0 aliphatic heterocycles. The summed E-state index contributed by atoms with van der Waals surface area (Å²) in [6, 6.07) is 4.17. The van der Waals surface area contributed by atoms with Crippen molar-refractivity contribution in [2.24, 2.45) is 0 Å². The summed E-state index contributed by atoms with van der Waals surface area (Å²) in [5, 5.41) is 17.2. The van der Waals surface area contributed by atoms with Crippen LogP contribution in [0.25, 0.3) is 0 Å². The number of benzene rings is 1. The average molecular weight is 228 g/mol. The minimum absolute atomic E-state index is 0.0206. The maximum absolute atomic E-state index is 13.3. The van der Waals surface area contributed by atoms with Gasteiger partial charge < -0.3 is 5.11 Å². The number of alkyl halides is 1. The minimum Gasteiger partial charge on any atom is -0.481 e. The van der Waals surface area contributed by atoms with Crippen LogP contribution in [0, 0.1) is 17.1 Å². The van der Waals surface area contributed by atoms with Gasteiger partial charge in [-0.15, -0.1) is 11.6 Å². The molecule has 15 heavy (non-hydrogen) atoms. The molecule has 1 N–H and O–H groups in total. The van der Waals surface area contributed by atoms with Crippen molar-refractivity contribution in [3.05, 3.63) is 34.6 Å².